The normalized spacial score (nSPS) is 10.1. The SMILES string of the molecule is Cc1ccccc1OCCCCCBr. The first-order chi connectivity index (χ1) is 6.84. The smallest absolute Gasteiger partial charge is 0.122 e. The molecule has 0 aliphatic carbocycles. The molecule has 0 heterocycles. The third kappa shape index (κ3) is 4.14. The van der Waals surface area contributed by atoms with Gasteiger partial charge >= 0.3 is 0 Å². The van der Waals surface area contributed by atoms with Crippen molar-refractivity contribution < 1.29 is 4.74 Å². The second-order valence-corrected chi connectivity index (χ2v) is 4.16. The molecule has 0 bridgehead atoms. The molecule has 2 heteroatoms. The lowest BCUT2D eigenvalue weighted by Crippen LogP contribution is -1.98. The minimum Gasteiger partial charge on any atom is -0.493 e. The van der Waals surface area contributed by atoms with E-state index >= 15 is 0 Å². The number of halogens is 1. The summed E-state index contributed by atoms with van der Waals surface area (Å²) in [6.07, 6.45) is 3.61. The Bertz CT molecular complexity index is 260. The minimum atomic E-state index is 0.831. The van der Waals surface area contributed by atoms with Crippen molar-refractivity contribution >= 4 is 15.9 Å². The van der Waals surface area contributed by atoms with Crippen molar-refractivity contribution in [1.29, 1.82) is 0 Å². The molecule has 0 aliphatic rings. The van der Waals surface area contributed by atoms with E-state index in [9.17, 15) is 0 Å². The van der Waals surface area contributed by atoms with Gasteiger partial charge in [0.05, 0.1) is 6.61 Å². The van der Waals surface area contributed by atoms with E-state index in [1.54, 1.807) is 0 Å². The Morgan fingerprint density at radius 3 is 2.64 bits per heavy atom. The molecule has 0 atom stereocenters. The molecule has 0 aliphatic heterocycles. The predicted molar refractivity (Wildman–Crippen MR) is 64.3 cm³/mol. The molecule has 0 saturated carbocycles. The molecule has 1 aromatic rings. The highest BCUT2D eigenvalue weighted by molar-refractivity contribution is 9.09. The van der Waals surface area contributed by atoms with Crippen LogP contribution in [0.15, 0.2) is 24.3 Å². The summed E-state index contributed by atoms with van der Waals surface area (Å²) in [4.78, 5) is 0. The van der Waals surface area contributed by atoms with Crippen LogP contribution in [0.2, 0.25) is 0 Å². The highest BCUT2D eigenvalue weighted by atomic mass is 79.9. The third-order valence-corrected chi connectivity index (χ3v) is 2.69. The number of hydrogen-bond acceptors (Lipinski definition) is 1. The summed E-state index contributed by atoms with van der Waals surface area (Å²) in [6.45, 7) is 2.91. The van der Waals surface area contributed by atoms with Crippen LogP contribution in [0.3, 0.4) is 0 Å². The van der Waals surface area contributed by atoms with Gasteiger partial charge in [-0.3, -0.25) is 0 Å². The number of hydrogen-bond donors (Lipinski definition) is 0. The molecule has 0 unspecified atom stereocenters. The predicted octanol–water partition coefficient (Wildman–Crippen LogP) is 3.94. The van der Waals surface area contributed by atoms with Crippen molar-refractivity contribution in [3.05, 3.63) is 29.8 Å². The Hall–Kier alpha value is -0.500. The van der Waals surface area contributed by atoms with Gasteiger partial charge in [0, 0.05) is 5.33 Å². The van der Waals surface area contributed by atoms with Crippen molar-refractivity contribution in [3.63, 3.8) is 0 Å². The highest BCUT2D eigenvalue weighted by Gasteiger charge is 1.96. The lowest BCUT2D eigenvalue weighted by atomic mass is 10.2. The van der Waals surface area contributed by atoms with Crippen molar-refractivity contribution in [3.8, 4) is 5.75 Å². The molecule has 78 valence electrons. The van der Waals surface area contributed by atoms with Crippen LogP contribution < -0.4 is 4.74 Å². The highest BCUT2D eigenvalue weighted by Crippen LogP contribution is 2.16. The summed E-state index contributed by atoms with van der Waals surface area (Å²) < 4.78 is 5.67. The average molecular weight is 257 g/mol. The van der Waals surface area contributed by atoms with Crippen molar-refractivity contribution in [2.45, 2.75) is 26.2 Å². The van der Waals surface area contributed by atoms with Crippen LogP contribution in [0.25, 0.3) is 0 Å². The Morgan fingerprint density at radius 1 is 1.14 bits per heavy atom. The van der Waals surface area contributed by atoms with Gasteiger partial charge in [-0.1, -0.05) is 34.1 Å². The van der Waals surface area contributed by atoms with E-state index in [1.165, 1.54) is 18.4 Å². The molecule has 1 nitrogen and oxygen atoms in total. The molecule has 0 fully saturated rings. The molecular weight excluding hydrogens is 240 g/mol. The third-order valence-electron chi connectivity index (χ3n) is 2.13. The standard InChI is InChI=1S/C12H17BrO/c1-11-7-3-4-8-12(11)14-10-6-2-5-9-13/h3-4,7-8H,2,5-6,9-10H2,1H3. The maximum Gasteiger partial charge on any atom is 0.122 e. The molecule has 0 saturated heterocycles. The van der Waals surface area contributed by atoms with Crippen LogP contribution in [0.1, 0.15) is 24.8 Å². The molecule has 0 spiro atoms. The Morgan fingerprint density at radius 2 is 1.93 bits per heavy atom. The first-order valence-corrected chi connectivity index (χ1v) is 6.21. The number of rotatable bonds is 6. The molecule has 0 amide bonds. The van der Waals surface area contributed by atoms with E-state index in [2.05, 4.69) is 28.9 Å². The Balaban J connectivity index is 2.21. The largest absolute Gasteiger partial charge is 0.493 e. The van der Waals surface area contributed by atoms with Gasteiger partial charge in [-0.25, -0.2) is 0 Å². The zero-order valence-corrected chi connectivity index (χ0v) is 10.2. The van der Waals surface area contributed by atoms with Crippen molar-refractivity contribution in [1.82, 2.24) is 0 Å². The van der Waals surface area contributed by atoms with Crippen LogP contribution in [0, 0.1) is 6.92 Å². The molecule has 0 N–H and O–H groups in total. The topological polar surface area (TPSA) is 9.23 Å². The first kappa shape index (κ1) is 11.6. The molecule has 0 radical (unpaired) electrons. The van der Waals surface area contributed by atoms with Gasteiger partial charge in [0.2, 0.25) is 0 Å². The zero-order valence-electron chi connectivity index (χ0n) is 8.63. The monoisotopic (exact) mass is 256 g/mol. The quantitative estimate of drug-likeness (QED) is 0.554. The number of ether oxygens (including phenoxy) is 1. The number of aryl methyl sites for hydroxylation is 1. The Labute approximate surface area is 94.6 Å². The van der Waals surface area contributed by atoms with Gasteiger partial charge in [-0.05, 0) is 37.8 Å². The maximum atomic E-state index is 5.67. The van der Waals surface area contributed by atoms with Crippen LogP contribution in [-0.4, -0.2) is 11.9 Å². The summed E-state index contributed by atoms with van der Waals surface area (Å²) in [5, 5.41) is 1.09. The second-order valence-electron chi connectivity index (χ2n) is 3.36. The minimum absolute atomic E-state index is 0.831. The fraction of sp³-hybridized carbons (Fsp3) is 0.500. The van der Waals surface area contributed by atoms with E-state index in [4.69, 9.17) is 4.74 Å². The zero-order chi connectivity index (χ0) is 10.2. The van der Waals surface area contributed by atoms with Crippen molar-refractivity contribution in [2.75, 3.05) is 11.9 Å². The Kier molecular flexibility index (Phi) is 5.69. The maximum absolute atomic E-state index is 5.67. The van der Waals surface area contributed by atoms with E-state index in [1.807, 2.05) is 18.2 Å². The molecule has 1 aromatic carbocycles. The van der Waals surface area contributed by atoms with E-state index in [0.29, 0.717) is 0 Å². The summed E-state index contributed by atoms with van der Waals surface area (Å²) in [6, 6.07) is 8.15. The number of unbranched alkanes of at least 4 members (excludes halogenated alkanes) is 2. The summed E-state index contributed by atoms with van der Waals surface area (Å²) >= 11 is 3.42. The van der Waals surface area contributed by atoms with E-state index < -0.39 is 0 Å². The van der Waals surface area contributed by atoms with E-state index in [0.717, 1.165) is 24.1 Å². The molecule has 14 heavy (non-hydrogen) atoms. The van der Waals surface area contributed by atoms with Gasteiger partial charge in [0.25, 0.3) is 0 Å². The van der Waals surface area contributed by atoms with Gasteiger partial charge in [0.1, 0.15) is 5.75 Å². The first-order valence-electron chi connectivity index (χ1n) is 5.09. The summed E-state index contributed by atoms with van der Waals surface area (Å²) in [5.74, 6) is 1.02. The molecule has 1 rings (SSSR count). The fourth-order valence-corrected chi connectivity index (χ4v) is 1.67. The molecular formula is C12H17BrO. The van der Waals surface area contributed by atoms with Crippen LogP contribution in [-0.2, 0) is 0 Å². The van der Waals surface area contributed by atoms with Crippen LogP contribution in [0.4, 0.5) is 0 Å². The van der Waals surface area contributed by atoms with Crippen LogP contribution >= 0.6 is 15.9 Å². The number of alkyl halides is 1. The summed E-state index contributed by atoms with van der Waals surface area (Å²) in [5.41, 5.74) is 1.22. The number of para-hydroxylation sites is 1. The van der Waals surface area contributed by atoms with Crippen molar-refractivity contribution in [2.24, 2.45) is 0 Å². The second kappa shape index (κ2) is 6.88. The lowest BCUT2D eigenvalue weighted by Gasteiger charge is -2.07. The van der Waals surface area contributed by atoms with Gasteiger partial charge in [-0.2, -0.15) is 0 Å². The summed E-state index contributed by atoms with van der Waals surface area (Å²) in [7, 11) is 0. The van der Waals surface area contributed by atoms with Gasteiger partial charge in [-0.15, -0.1) is 0 Å². The lowest BCUT2D eigenvalue weighted by molar-refractivity contribution is 0.304. The average Bonchev–Trinajstić information content (AvgIpc) is 2.20. The fourth-order valence-electron chi connectivity index (χ4n) is 1.27. The van der Waals surface area contributed by atoms with Gasteiger partial charge in [0.15, 0.2) is 0 Å². The van der Waals surface area contributed by atoms with E-state index in [-0.39, 0.29) is 0 Å². The number of benzene rings is 1. The van der Waals surface area contributed by atoms with Crippen LogP contribution in [0.5, 0.6) is 5.75 Å². The van der Waals surface area contributed by atoms with Gasteiger partial charge < -0.3 is 4.74 Å². The molecule has 0 aromatic heterocycles.